The van der Waals surface area contributed by atoms with Gasteiger partial charge in [-0.2, -0.15) is 4.31 Å². The lowest BCUT2D eigenvalue weighted by molar-refractivity contribution is -0.384. The maximum Gasteiger partial charge on any atom is 0.293 e. The monoisotopic (exact) mass is 498 g/mol. The topological polar surface area (TPSA) is 208 Å². The summed E-state index contributed by atoms with van der Waals surface area (Å²) in [5, 5.41) is 14.0. The van der Waals surface area contributed by atoms with Gasteiger partial charge >= 0.3 is 0 Å². The zero-order valence-electron chi connectivity index (χ0n) is 18.2. The van der Waals surface area contributed by atoms with Gasteiger partial charge in [0.15, 0.2) is 6.04 Å². The molecule has 2 fully saturated rings. The summed E-state index contributed by atoms with van der Waals surface area (Å²) in [5.41, 5.74) is 10.0. The smallest absolute Gasteiger partial charge is 0.293 e. The van der Waals surface area contributed by atoms with Crippen molar-refractivity contribution >= 4 is 39.1 Å². The predicted molar refractivity (Wildman–Crippen MR) is 118 cm³/mol. The second-order valence-corrected chi connectivity index (χ2v) is 9.87. The van der Waals surface area contributed by atoms with E-state index < -0.39 is 44.6 Å². The molecular weight excluding hydrogens is 472 g/mol. The quantitative estimate of drug-likeness (QED) is 0.211. The van der Waals surface area contributed by atoms with Gasteiger partial charge < -0.3 is 26.4 Å². The Labute approximate surface area is 195 Å². The van der Waals surface area contributed by atoms with Crippen molar-refractivity contribution in [2.24, 2.45) is 17.4 Å². The highest BCUT2D eigenvalue weighted by molar-refractivity contribution is 7.89. The molecule has 2 heterocycles. The Kier molecular flexibility index (Phi) is 7.68. The third-order valence-electron chi connectivity index (χ3n) is 5.81. The van der Waals surface area contributed by atoms with Gasteiger partial charge in [-0.1, -0.05) is 0 Å². The molecule has 0 radical (unpaired) electrons. The fraction of sp³-hybridized carbons (Fsp3) is 0.526. The SMILES string of the molecule is NC(=O)C(NC(=O)C1CCN(c2ccc(S(=O)(=O)N3CCOCC3)cc2[N+](=O)[O-])CC1)C(N)=O. The molecule has 1 aromatic rings. The van der Waals surface area contributed by atoms with Crippen LogP contribution in [0.25, 0.3) is 0 Å². The van der Waals surface area contributed by atoms with Crippen molar-refractivity contribution in [3.05, 3.63) is 28.3 Å². The number of sulfonamides is 1. The van der Waals surface area contributed by atoms with Crippen molar-refractivity contribution in [2.75, 3.05) is 44.3 Å². The average Bonchev–Trinajstić information content (AvgIpc) is 2.82. The Hall–Kier alpha value is -3.30. The number of benzene rings is 1. The number of nitrogens with two attached hydrogens (primary N) is 2. The molecule has 3 amide bonds. The highest BCUT2D eigenvalue weighted by Crippen LogP contribution is 2.34. The molecule has 14 nitrogen and oxygen atoms in total. The van der Waals surface area contributed by atoms with E-state index in [2.05, 4.69) is 5.32 Å². The van der Waals surface area contributed by atoms with Crippen molar-refractivity contribution in [1.29, 1.82) is 0 Å². The van der Waals surface area contributed by atoms with Crippen LogP contribution < -0.4 is 21.7 Å². The standard InChI is InChI=1S/C19H26N6O8S/c20-17(26)16(18(21)27)22-19(28)12-3-5-23(6-4-12)14-2-1-13(11-15(14)25(29)30)34(31,32)24-7-9-33-10-8-24/h1-2,11-12,16H,3-10H2,(H2,20,26)(H2,21,27)(H,22,28). The number of nitrogens with one attached hydrogen (secondary N) is 1. The molecule has 15 heteroatoms. The number of piperidine rings is 1. The van der Waals surface area contributed by atoms with E-state index >= 15 is 0 Å². The predicted octanol–water partition coefficient (Wildman–Crippen LogP) is -1.71. The number of nitro groups is 1. The molecular formula is C19H26N6O8S. The number of anilines is 1. The van der Waals surface area contributed by atoms with Gasteiger partial charge in [0.25, 0.3) is 5.69 Å². The average molecular weight is 499 g/mol. The lowest BCUT2D eigenvalue weighted by Gasteiger charge is -2.33. The van der Waals surface area contributed by atoms with Crippen LogP contribution >= 0.6 is 0 Å². The normalized spacial score (nSPS) is 18.0. The third kappa shape index (κ3) is 5.43. The maximum absolute atomic E-state index is 12.9. The number of rotatable bonds is 8. The molecule has 0 atom stereocenters. The van der Waals surface area contributed by atoms with Gasteiger partial charge in [0, 0.05) is 38.2 Å². The van der Waals surface area contributed by atoms with Gasteiger partial charge in [0.2, 0.25) is 27.7 Å². The van der Waals surface area contributed by atoms with Crippen LogP contribution in [0.15, 0.2) is 23.1 Å². The molecule has 3 rings (SSSR count). The largest absolute Gasteiger partial charge is 0.379 e. The fourth-order valence-electron chi connectivity index (χ4n) is 3.94. The number of nitro benzene ring substituents is 1. The van der Waals surface area contributed by atoms with Gasteiger partial charge in [0.1, 0.15) is 5.69 Å². The van der Waals surface area contributed by atoms with Crippen molar-refractivity contribution in [3.63, 3.8) is 0 Å². The summed E-state index contributed by atoms with van der Waals surface area (Å²) in [7, 11) is -3.91. The Morgan fingerprint density at radius 1 is 1.09 bits per heavy atom. The summed E-state index contributed by atoms with van der Waals surface area (Å²) < 4.78 is 32.1. The Bertz CT molecular complexity index is 1070. The van der Waals surface area contributed by atoms with E-state index in [-0.39, 0.29) is 68.5 Å². The van der Waals surface area contributed by atoms with Crippen molar-refractivity contribution < 1.29 is 32.5 Å². The highest BCUT2D eigenvalue weighted by atomic mass is 32.2. The molecule has 2 aliphatic heterocycles. The van der Waals surface area contributed by atoms with Gasteiger partial charge in [0.05, 0.1) is 23.0 Å². The van der Waals surface area contributed by atoms with Crippen LogP contribution in [0, 0.1) is 16.0 Å². The van der Waals surface area contributed by atoms with Crippen molar-refractivity contribution in [2.45, 2.75) is 23.8 Å². The molecule has 2 saturated heterocycles. The van der Waals surface area contributed by atoms with Crippen LogP contribution in [0.3, 0.4) is 0 Å². The molecule has 0 saturated carbocycles. The molecule has 5 N–H and O–H groups in total. The molecule has 0 unspecified atom stereocenters. The second-order valence-electron chi connectivity index (χ2n) is 7.93. The first-order valence-corrected chi connectivity index (χ1v) is 12.0. The van der Waals surface area contributed by atoms with E-state index in [1.807, 2.05) is 0 Å². The number of hydrogen-bond donors (Lipinski definition) is 3. The molecule has 34 heavy (non-hydrogen) atoms. The molecule has 0 bridgehead atoms. The minimum absolute atomic E-state index is 0.166. The highest BCUT2D eigenvalue weighted by Gasteiger charge is 2.33. The first kappa shape index (κ1) is 25.3. The van der Waals surface area contributed by atoms with E-state index in [0.717, 1.165) is 6.07 Å². The van der Waals surface area contributed by atoms with E-state index in [9.17, 15) is 32.9 Å². The van der Waals surface area contributed by atoms with Crippen molar-refractivity contribution in [1.82, 2.24) is 9.62 Å². The minimum atomic E-state index is -3.91. The molecule has 0 aromatic heterocycles. The minimum Gasteiger partial charge on any atom is -0.379 e. The maximum atomic E-state index is 12.9. The zero-order chi connectivity index (χ0) is 25.0. The molecule has 0 aliphatic carbocycles. The van der Waals surface area contributed by atoms with Crippen LogP contribution in [0.4, 0.5) is 11.4 Å². The van der Waals surface area contributed by atoms with Crippen LogP contribution in [0.5, 0.6) is 0 Å². The van der Waals surface area contributed by atoms with E-state index in [1.165, 1.54) is 16.4 Å². The first-order valence-electron chi connectivity index (χ1n) is 10.5. The van der Waals surface area contributed by atoms with E-state index in [0.29, 0.717) is 0 Å². The molecule has 0 spiro atoms. The zero-order valence-corrected chi connectivity index (χ0v) is 19.0. The number of amides is 3. The summed E-state index contributed by atoms with van der Waals surface area (Å²) in [5.74, 6) is -3.26. The van der Waals surface area contributed by atoms with Gasteiger partial charge in [-0.3, -0.25) is 24.5 Å². The van der Waals surface area contributed by atoms with Gasteiger partial charge in [-0.05, 0) is 25.0 Å². The van der Waals surface area contributed by atoms with Gasteiger partial charge in [-0.25, -0.2) is 8.42 Å². The number of primary amides is 2. The fourth-order valence-corrected chi connectivity index (χ4v) is 5.37. The number of ether oxygens (including phenoxy) is 1. The summed E-state index contributed by atoms with van der Waals surface area (Å²) in [4.78, 5) is 47.6. The van der Waals surface area contributed by atoms with Gasteiger partial charge in [-0.15, -0.1) is 0 Å². The summed E-state index contributed by atoms with van der Waals surface area (Å²) >= 11 is 0. The molecule has 1 aromatic carbocycles. The Morgan fingerprint density at radius 2 is 1.68 bits per heavy atom. The lowest BCUT2D eigenvalue weighted by Crippen LogP contribution is -2.54. The summed E-state index contributed by atoms with van der Waals surface area (Å²) in [6.07, 6.45) is 0.558. The first-order chi connectivity index (χ1) is 16.0. The number of morpholine rings is 1. The lowest BCUT2D eigenvalue weighted by atomic mass is 9.95. The van der Waals surface area contributed by atoms with Crippen LogP contribution in [-0.2, 0) is 29.1 Å². The number of carbonyl (C=O) groups is 3. The van der Waals surface area contributed by atoms with E-state index in [4.69, 9.17) is 16.2 Å². The second kappa shape index (κ2) is 10.3. The number of nitrogens with zero attached hydrogens (tertiary/aromatic N) is 3. The summed E-state index contributed by atoms with van der Waals surface area (Å²) in [6, 6.07) is 2.15. The van der Waals surface area contributed by atoms with E-state index in [1.54, 1.807) is 4.90 Å². The Balaban J connectivity index is 1.73. The van der Waals surface area contributed by atoms with Crippen molar-refractivity contribution in [3.8, 4) is 0 Å². The summed E-state index contributed by atoms with van der Waals surface area (Å²) in [6.45, 7) is 1.35. The number of carbonyl (C=O) groups excluding carboxylic acids is 3. The number of hydrogen-bond acceptors (Lipinski definition) is 9. The Morgan fingerprint density at radius 3 is 2.21 bits per heavy atom. The van der Waals surface area contributed by atoms with Crippen LogP contribution in [0.2, 0.25) is 0 Å². The van der Waals surface area contributed by atoms with Crippen LogP contribution in [-0.4, -0.2) is 80.8 Å². The third-order valence-corrected chi connectivity index (χ3v) is 7.71. The molecule has 2 aliphatic rings. The van der Waals surface area contributed by atoms with Crippen LogP contribution in [0.1, 0.15) is 12.8 Å². The molecule has 186 valence electrons.